The van der Waals surface area contributed by atoms with Crippen LogP contribution in [0.2, 0.25) is 0 Å². The first-order valence-corrected chi connectivity index (χ1v) is 10.8. The van der Waals surface area contributed by atoms with E-state index >= 15 is 0 Å². The van der Waals surface area contributed by atoms with Gasteiger partial charge in [-0.05, 0) is 55.7 Å². The van der Waals surface area contributed by atoms with Crippen molar-refractivity contribution in [2.24, 2.45) is 0 Å². The van der Waals surface area contributed by atoms with Crippen LogP contribution in [0.3, 0.4) is 0 Å². The number of hydrogen-bond donors (Lipinski definition) is 1. The SMILES string of the molecule is Cc1ccc(C(=O)Nc2c3c(nn2-c2ccccc2C)CS(=O)(=O)C3)cc1C. The molecule has 0 spiro atoms. The maximum absolute atomic E-state index is 12.9. The third-order valence-corrected chi connectivity index (χ3v) is 6.57. The summed E-state index contributed by atoms with van der Waals surface area (Å²) in [5.41, 5.74) is 5.51. The van der Waals surface area contributed by atoms with Crippen molar-refractivity contribution in [3.8, 4) is 5.69 Å². The van der Waals surface area contributed by atoms with Crippen LogP contribution in [-0.2, 0) is 21.3 Å². The number of carbonyl (C=O) groups excluding carboxylic acids is 1. The minimum absolute atomic E-state index is 0.103. The van der Waals surface area contributed by atoms with Gasteiger partial charge < -0.3 is 5.32 Å². The van der Waals surface area contributed by atoms with Gasteiger partial charge in [0.15, 0.2) is 9.84 Å². The number of amides is 1. The molecule has 0 saturated carbocycles. The molecule has 1 N–H and O–H groups in total. The van der Waals surface area contributed by atoms with E-state index in [1.807, 2.05) is 57.2 Å². The van der Waals surface area contributed by atoms with Crippen LogP contribution < -0.4 is 5.32 Å². The third kappa shape index (κ3) is 3.22. The van der Waals surface area contributed by atoms with Gasteiger partial charge in [0.2, 0.25) is 0 Å². The van der Waals surface area contributed by atoms with E-state index in [9.17, 15) is 13.2 Å². The van der Waals surface area contributed by atoms with E-state index in [4.69, 9.17) is 0 Å². The third-order valence-electron chi connectivity index (χ3n) is 5.13. The Morgan fingerprint density at radius 3 is 2.46 bits per heavy atom. The average Bonchev–Trinajstić information content (AvgIpc) is 3.10. The maximum atomic E-state index is 12.9. The number of aryl methyl sites for hydroxylation is 3. The van der Waals surface area contributed by atoms with E-state index < -0.39 is 9.84 Å². The number of nitrogens with zero attached hydrogens (tertiary/aromatic N) is 2. The number of fused-ring (bicyclic) bond motifs is 1. The molecule has 0 atom stereocenters. The number of anilines is 1. The van der Waals surface area contributed by atoms with E-state index in [0.29, 0.717) is 22.6 Å². The van der Waals surface area contributed by atoms with Crippen LogP contribution >= 0.6 is 0 Å². The first-order valence-electron chi connectivity index (χ1n) is 9.01. The number of aromatic nitrogens is 2. The lowest BCUT2D eigenvalue weighted by Crippen LogP contribution is -2.17. The van der Waals surface area contributed by atoms with Crippen molar-refractivity contribution in [1.29, 1.82) is 0 Å². The van der Waals surface area contributed by atoms with Gasteiger partial charge >= 0.3 is 0 Å². The Morgan fingerprint density at radius 1 is 1.00 bits per heavy atom. The summed E-state index contributed by atoms with van der Waals surface area (Å²) in [5, 5.41) is 7.43. The van der Waals surface area contributed by atoms with Crippen LogP contribution in [-0.4, -0.2) is 24.1 Å². The van der Waals surface area contributed by atoms with Crippen molar-refractivity contribution in [2.45, 2.75) is 32.3 Å². The molecule has 1 aliphatic heterocycles. The zero-order valence-corrected chi connectivity index (χ0v) is 16.8. The topological polar surface area (TPSA) is 81.1 Å². The molecule has 1 amide bonds. The Labute approximate surface area is 164 Å². The molecule has 0 saturated heterocycles. The minimum atomic E-state index is -3.23. The van der Waals surface area contributed by atoms with Crippen molar-refractivity contribution < 1.29 is 13.2 Å². The fourth-order valence-electron chi connectivity index (χ4n) is 3.41. The molecule has 4 rings (SSSR count). The molecule has 6 nitrogen and oxygen atoms in total. The van der Waals surface area contributed by atoms with Gasteiger partial charge in [-0.25, -0.2) is 13.1 Å². The molecule has 1 aliphatic rings. The molecule has 0 fully saturated rings. The summed E-state index contributed by atoms with van der Waals surface area (Å²) in [6.07, 6.45) is 0. The first kappa shape index (κ1) is 18.4. The van der Waals surface area contributed by atoms with Crippen LogP contribution in [0.4, 0.5) is 5.82 Å². The Balaban J connectivity index is 1.80. The molecule has 0 aliphatic carbocycles. The quantitative estimate of drug-likeness (QED) is 0.736. The maximum Gasteiger partial charge on any atom is 0.256 e. The lowest BCUT2D eigenvalue weighted by molar-refractivity contribution is 0.102. The summed E-state index contributed by atoms with van der Waals surface area (Å²) in [5.74, 6) is -0.0802. The van der Waals surface area contributed by atoms with Crippen LogP contribution in [0, 0.1) is 20.8 Å². The average molecular weight is 395 g/mol. The molecule has 144 valence electrons. The van der Waals surface area contributed by atoms with Gasteiger partial charge in [-0.15, -0.1) is 0 Å². The molecule has 7 heteroatoms. The van der Waals surface area contributed by atoms with Crippen molar-refractivity contribution >= 4 is 21.6 Å². The highest BCUT2D eigenvalue weighted by Gasteiger charge is 2.33. The summed E-state index contributed by atoms with van der Waals surface area (Å²) in [6, 6.07) is 13.2. The van der Waals surface area contributed by atoms with Gasteiger partial charge in [0.1, 0.15) is 5.82 Å². The summed E-state index contributed by atoms with van der Waals surface area (Å²) >= 11 is 0. The molecular weight excluding hydrogens is 374 g/mol. The normalized spacial score (nSPS) is 14.7. The van der Waals surface area contributed by atoms with Gasteiger partial charge in [0.25, 0.3) is 5.91 Å². The second-order valence-electron chi connectivity index (χ2n) is 7.26. The fourth-order valence-corrected chi connectivity index (χ4v) is 4.90. The van der Waals surface area contributed by atoms with Gasteiger partial charge in [-0.1, -0.05) is 24.3 Å². The van der Waals surface area contributed by atoms with E-state index in [-0.39, 0.29) is 17.4 Å². The Hall–Kier alpha value is -2.93. The van der Waals surface area contributed by atoms with Crippen LogP contribution in [0.25, 0.3) is 5.69 Å². The van der Waals surface area contributed by atoms with Gasteiger partial charge in [0.05, 0.1) is 22.9 Å². The fraction of sp³-hybridized carbons (Fsp3) is 0.238. The van der Waals surface area contributed by atoms with E-state index in [1.165, 1.54) is 0 Å². The predicted molar refractivity (Wildman–Crippen MR) is 108 cm³/mol. The largest absolute Gasteiger partial charge is 0.306 e. The molecule has 3 aromatic rings. The molecule has 0 radical (unpaired) electrons. The van der Waals surface area contributed by atoms with Gasteiger partial charge in [0, 0.05) is 11.1 Å². The Morgan fingerprint density at radius 2 is 1.75 bits per heavy atom. The number of sulfone groups is 1. The van der Waals surface area contributed by atoms with E-state index in [1.54, 1.807) is 10.7 Å². The lowest BCUT2D eigenvalue weighted by Gasteiger charge is -2.13. The molecule has 1 aromatic heterocycles. The molecular formula is C21H21N3O3S. The van der Waals surface area contributed by atoms with E-state index in [0.717, 1.165) is 22.4 Å². The number of para-hydroxylation sites is 1. The molecule has 28 heavy (non-hydrogen) atoms. The van der Waals surface area contributed by atoms with Crippen molar-refractivity contribution in [1.82, 2.24) is 9.78 Å². The standard InChI is InChI=1S/C21H21N3O3S/c1-13-8-9-16(10-15(13)3)21(25)22-20-17-11-28(26,27)12-18(17)23-24(20)19-7-5-4-6-14(19)2/h4-10H,11-12H2,1-3H3,(H,22,25). The van der Waals surface area contributed by atoms with Gasteiger partial charge in [-0.2, -0.15) is 5.10 Å². The monoisotopic (exact) mass is 395 g/mol. The molecule has 0 bridgehead atoms. The zero-order chi connectivity index (χ0) is 20.1. The van der Waals surface area contributed by atoms with Gasteiger partial charge in [-0.3, -0.25) is 4.79 Å². The summed E-state index contributed by atoms with van der Waals surface area (Å²) in [7, 11) is -3.23. The summed E-state index contributed by atoms with van der Waals surface area (Å²) in [4.78, 5) is 12.9. The Kier molecular flexibility index (Phi) is 4.34. The summed E-state index contributed by atoms with van der Waals surface area (Å²) in [6.45, 7) is 5.89. The van der Waals surface area contributed by atoms with Crippen LogP contribution in [0.1, 0.15) is 38.3 Å². The van der Waals surface area contributed by atoms with E-state index in [2.05, 4.69) is 10.4 Å². The minimum Gasteiger partial charge on any atom is -0.306 e. The lowest BCUT2D eigenvalue weighted by atomic mass is 10.1. The number of rotatable bonds is 3. The highest BCUT2D eigenvalue weighted by Crippen LogP contribution is 2.33. The molecule has 0 unspecified atom stereocenters. The number of hydrogen-bond acceptors (Lipinski definition) is 4. The van der Waals surface area contributed by atoms with Crippen LogP contribution in [0.15, 0.2) is 42.5 Å². The van der Waals surface area contributed by atoms with Crippen molar-refractivity contribution in [3.63, 3.8) is 0 Å². The highest BCUT2D eigenvalue weighted by molar-refractivity contribution is 7.90. The van der Waals surface area contributed by atoms with Crippen molar-refractivity contribution in [3.05, 3.63) is 76.0 Å². The predicted octanol–water partition coefficient (Wildman–Crippen LogP) is 3.48. The second kappa shape index (κ2) is 6.60. The van der Waals surface area contributed by atoms with Crippen LogP contribution in [0.5, 0.6) is 0 Å². The first-order chi connectivity index (χ1) is 13.2. The number of nitrogens with one attached hydrogen (secondary N) is 1. The molecule has 2 heterocycles. The second-order valence-corrected chi connectivity index (χ2v) is 9.32. The Bertz CT molecular complexity index is 1210. The number of benzene rings is 2. The van der Waals surface area contributed by atoms with Crippen molar-refractivity contribution in [2.75, 3.05) is 5.32 Å². The summed E-state index contributed by atoms with van der Waals surface area (Å²) < 4.78 is 25.8. The smallest absolute Gasteiger partial charge is 0.256 e. The molecule has 2 aromatic carbocycles. The number of carbonyl (C=O) groups is 1. The highest BCUT2D eigenvalue weighted by atomic mass is 32.2. The zero-order valence-electron chi connectivity index (χ0n) is 16.0.